The van der Waals surface area contributed by atoms with Crippen LogP contribution in [-0.2, 0) is 10.0 Å². The van der Waals surface area contributed by atoms with Crippen LogP contribution in [0.2, 0.25) is 0 Å². The zero-order chi connectivity index (χ0) is 13.5. The van der Waals surface area contributed by atoms with Gasteiger partial charge < -0.3 is 10.8 Å². The quantitative estimate of drug-likeness (QED) is 0.704. The van der Waals surface area contributed by atoms with Crippen LogP contribution >= 0.6 is 0 Å². The van der Waals surface area contributed by atoms with Gasteiger partial charge in [-0.05, 0) is 43.9 Å². The van der Waals surface area contributed by atoms with Crippen molar-refractivity contribution in [3.63, 3.8) is 0 Å². The lowest BCUT2D eigenvalue weighted by Crippen LogP contribution is -2.46. The molecular formula is C12H18N2O3S. The predicted octanol–water partition coefficient (Wildman–Crippen LogP) is 0.687. The maximum atomic E-state index is 12.3. The smallest absolute Gasteiger partial charge is 0.243 e. The normalized spacial score (nSPS) is 23.7. The van der Waals surface area contributed by atoms with Crippen LogP contribution in [0.15, 0.2) is 17.0 Å². The average Bonchev–Trinajstić information content (AvgIpc) is 2.21. The van der Waals surface area contributed by atoms with Crippen molar-refractivity contribution in [3.8, 4) is 0 Å². The number of nitrogen functional groups attached to an aromatic ring is 1. The molecule has 1 aliphatic rings. The number of sulfonamides is 1. The van der Waals surface area contributed by atoms with Crippen LogP contribution in [0, 0.1) is 13.8 Å². The highest BCUT2D eigenvalue weighted by atomic mass is 32.2. The lowest BCUT2D eigenvalue weighted by molar-refractivity contribution is 0.0712. The fourth-order valence-electron chi connectivity index (χ4n) is 2.13. The molecule has 0 radical (unpaired) electrons. The maximum Gasteiger partial charge on any atom is 0.243 e. The Hall–Kier alpha value is -1.11. The number of rotatable bonds is 3. The summed E-state index contributed by atoms with van der Waals surface area (Å²) < 4.78 is 27.1. The number of benzene rings is 1. The van der Waals surface area contributed by atoms with Gasteiger partial charge in [0.25, 0.3) is 0 Å². The van der Waals surface area contributed by atoms with Crippen molar-refractivity contribution in [1.82, 2.24) is 4.72 Å². The van der Waals surface area contributed by atoms with Crippen molar-refractivity contribution in [2.75, 3.05) is 5.73 Å². The summed E-state index contributed by atoms with van der Waals surface area (Å²) in [6, 6.07) is 3.22. The summed E-state index contributed by atoms with van der Waals surface area (Å²) in [5.41, 5.74) is 7.58. The number of nitrogens with two attached hydrogens (primary N) is 1. The van der Waals surface area contributed by atoms with Gasteiger partial charge in [-0.2, -0.15) is 0 Å². The molecule has 0 saturated heterocycles. The predicted molar refractivity (Wildman–Crippen MR) is 69.7 cm³/mol. The fourth-order valence-corrected chi connectivity index (χ4v) is 3.82. The Labute approximate surface area is 107 Å². The molecule has 1 saturated carbocycles. The van der Waals surface area contributed by atoms with Crippen molar-refractivity contribution in [1.29, 1.82) is 0 Å². The SMILES string of the molecule is Cc1ccc(N)c(S(=O)(=O)NC2CC(O)C2)c1C. The first-order chi connectivity index (χ1) is 8.31. The van der Waals surface area contributed by atoms with E-state index >= 15 is 0 Å². The molecular weight excluding hydrogens is 252 g/mol. The average molecular weight is 270 g/mol. The third kappa shape index (κ3) is 2.36. The third-order valence-electron chi connectivity index (χ3n) is 3.41. The van der Waals surface area contributed by atoms with Gasteiger partial charge in [-0.3, -0.25) is 0 Å². The largest absolute Gasteiger partial charge is 0.398 e. The minimum atomic E-state index is -3.61. The Bertz CT molecular complexity index is 563. The minimum Gasteiger partial charge on any atom is -0.398 e. The van der Waals surface area contributed by atoms with Crippen molar-refractivity contribution in [3.05, 3.63) is 23.3 Å². The first-order valence-electron chi connectivity index (χ1n) is 5.87. The van der Waals surface area contributed by atoms with Gasteiger partial charge >= 0.3 is 0 Å². The van der Waals surface area contributed by atoms with Crippen LogP contribution in [0.25, 0.3) is 0 Å². The van der Waals surface area contributed by atoms with Gasteiger partial charge in [0.05, 0.1) is 11.8 Å². The van der Waals surface area contributed by atoms with Crippen molar-refractivity contribution in [2.24, 2.45) is 0 Å². The molecule has 0 spiro atoms. The zero-order valence-corrected chi connectivity index (χ0v) is 11.3. The van der Waals surface area contributed by atoms with Gasteiger partial charge in [-0.25, -0.2) is 13.1 Å². The molecule has 18 heavy (non-hydrogen) atoms. The number of aryl methyl sites for hydroxylation is 1. The Morgan fingerprint density at radius 2 is 1.94 bits per heavy atom. The Morgan fingerprint density at radius 1 is 1.33 bits per heavy atom. The number of hydrogen-bond donors (Lipinski definition) is 3. The van der Waals surface area contributed by atoms with E-state index in [0.29, 0.717) is 18.4 Å². The number of aliphatic hydroxyl groups excluding tert-OH is 1. The van der Waals surface area contributed by atoms with E-state index in [0.717, 1.165) is 5.56 Å². The minimum absolute atomic E-state index is 0.156. The van der Waals surface area contributed by atoms with Crippen LogP contribution in [0.1, 0.15) is 24.0 Å². The highest BCUT2D eigenvalue weighted by molar-refractivity contribution is 7.89. The Kier molecular flexibility index (Phi) is 3.35. The number of anilines is 1. The monoisotopic (exact) mass is 270 g/mol. The standard InChI is InChI=1S/C12H18N2O3S/c1-7-3-4-11(13)12(8(7)2)18(16,17)14-9-5-10(15)6-9/h3-4,9-10,14-15H,5-6,13H2,1-2H3. The summed E-state index contributed by atoms with van der Waals surface area (Å²) in [6.07, 6.45) is 0.530. The number of aliphatic hydroxyl groups is 1. The molecule has 5 nitrogen and oxygen atoms in total. The highest BCUT2D eigenvalue weighted by Gasteiger charge is 2.32. The first kappa shape index (κ1) is 13.3. The molecule has 6 heteroatoms. The summed E-state index contributed by atoms with van der Waals surface area (Å²) in [7, 11) is -3.61. The van der Waals surface area contributed by atoms with Gasteiger partial charge in [0.1, 0.15) is 4.90 Å². The van der Waals surface area contributed by atoms with E-state index < -0.39 is 16.1 Å². The molecule has 0 aromatic heterocycles. The molecule has 1 fully saturated rings. The van der Waals surface area contributed by atoms with E-state index in [-0.39, 0.29) is 16.6 Å². The van der Waals surface area contributed by atoms with Crippen LogP contribution in [0.3, 0.4) is 0 Å². The van der Waals surface area contributed by atoms with Crippen LogP contribution in [0.4, 0.5) is 5.69 Å². The van der Waals surface area contributed by atoms with E-state index in [2.05, 4.69) is 4.72 Å². The zero-order valence-electron chi connectivity index (χ0n) is 10.5. The molecule has 0 aliphatic heterocycles. The molecule has 100 valence electrons. The van der Waals surface area contributed by atoms with E-state index in [1.807, 2.05) is 6.92 Å². The van der Waals surface area contributed by atoms with Crippen LogP contribution in [-0.4, -0.2) is 25.7 Å². The Balaban J connectivity index is 2.32. The van der Waals surface area contributed by atoms with Gasteiger partial charge in [-0.1, -0.05) is 6.07 Å². The van der Waals surface area contributed by atoms with E-state index in [9.17, 15) is 13.5 Å². The molecule has 4 N–H and O–H groups in total. The van der Waals surface area contributed by atoms with Gasteiger partial charge in [0.2, 0.25) is 10.0 Å². The summed E-state index contributed by atoms with van der Waals surface area (Å²) in [5, 5.41) is 9.18. The van der Waals surface area contributed by atoms with Gasteiger partial charge in [-0.15, -0.1) is 0 Å². The highest BCUT2D eigenvalue weighted by Crippen LogP contribution is 2.27. The second-order valence-corrected chi connectivity index (χ2v) is 6.52. The molecule has 0 bridgehead atoms. The second kappa shape index (κ2) is 4.53. The summed E-state index contributed by atoms with van der Waals surface area (Å²) in [4.78, 5) is 0.156. The van der Waals surface area contributed by atoms with E-state index in [1.165, 1.54) is 0 Å². The summed E-state index contributed by atoms with van der Waals surface area (Å²) in [5.74, 6) is 0. The van der Waals surface area contributed by atoms with Crippen molar-refractivity contribution >= 4 is 15.7 Å². The molecule has 1 aliphatic carbocycles. The lowest BCUT2D eigenvalue weighted by atomic mass is 9.91. The van der Waals surface area contributed by atoms with E-state index in [4.69, 9.17) is 5.73 Å². The topological polar surface area (TPSA) is 92.4 Å². The van der Waals surface area contributed by atoms with Crippen LogP contribution < -0.4 is 10.5 Å². The van der Waals surface area contributed by atoms with Gasteiger partial charge in [0.15, 0.2) is 0 Å². The molecule has 2 rings (SSSR count). The van der Waals surface area contributed by atoms with Crippen molar-refractivity contribution < 1.29 is 13.5 Å². The molecule has 0 atom stereocenters. The molecule has 1 aromatic rings. The van der Waals surface area contributed by atoms with Gasteiger partial charge in [0, 0.05) is 6.04 Å². The molecule has 0 heterocycles. The Morgan fingerprint density at radius 3 is 2.50 bits per heavy atom. The molecule has 0 amide bonds. The maximum absolute atomic E-state index is 12.3. The number of nitrogens with one attached hydrogen (secondary N) is 1. The number of hydrogen-bond acceptors (Lipinski definition) is 4. The fraction of sp³-hybridized carbons (Fsp3) is 0.500. The van der Waals surface area contributed by atoms with Crippen molar-refractivity contribution in [2.45, 2.75) is 43.7 Å². The van der Waals surface area contributed by atoms with E-state index in [1.54, 1.807) is 19.1 Å². The third-order valence-corrected chi connectivity index (χ3v) is 5.13. The van der Waals surface area contributed by atoms with Crippen LogP contribution in [0.5, 0.6) is 0 Å². The molecule has 0 unspecified atom stereocenters. The molecule has 1 aromatic carbocycles. The first-order valence-corrected chi connectivity index (χ1v) is 7.35. The summed E-state index contributed by atoms with van der Waals surface area (Å²) in [6.45, 7) is 3.59. The summed E-state index contributed by atoms with van der Waals surface area (Å²) >= 11 is 0. The second-order valence-electron chi connectivity index (χ2n) is 4.87. The lowest BCUT2D eigenvalue weighted by Gasteiger charge is -2.32.